The third-order valence-electron chi connectivity index (χ3n) is 4.15. The number of carbonyl (C=O) groups is 1. The molecular weight excluding hydrogens is 299 g/mol. The molecule has 3 rings (SSSR count). The van der Waals surface area contributed by atoms with E-state index in [1.165, 1.54) is 22.6 Å². The molecule has 116 valence electrons. The van der Waals surface area contributed by atoms with Crippen molar-refractivity contribution >= 4 is 17.2 Å². The zero-order valence-corrected chi connectivity index (χ0v) is 13.3. The van der Waals surface area contributed by atoms with Crippen molar-refractivity contribution < 1.29 is 9.18 Å². The van der Waals surface area contributed by atoms with E-state index in [0.29, 0.717) is 13.1 Å². The second-order valence-electron chi connectivity index (χ2n) is 5.60. The minimum absolute atomic E-state index is 0.00912. The maximum Gasteiger partial charge on any atom is 0.234 e. The van der Waals surface area contributed by atoms with Gasteiger partial charge in [-0.05, 0) is 48.1 Å². The predicted molar refractivity (Wildman–Crippen MR) is 86.3 cm³/mol. The van der Waals surface area contributed by atoms with E-state index >= 15 is 0 Å². The first kappa shape index (κ1) is 15.2. The number of rotatable bonds is 4. The molecule has 0 saturated carbocycles. The Morgan fingerprint density at radius 2 is 2.14 bits per heavy atom. The Hall–Kier alpha value is -1.72. The second-order valence-corrected chi connectivity index (χ2v) is 6.60. The molecule has 0 fully saturated rings. The smallest absolute Gasteiger partial charge is 0.234 e. The van der Waals surface area contributed by atoms with E-state index in [4.69, 9.17) is 0 Å². The third kappa shape index (κ3) is 3.36. The van der Waals surface area contributed by atoms with Crippen molar-refractivity contribution in [3.8, 4) is 0 Å². The number of hydrogen-bond donors (Lipinski definition) is 1. The van der Waals surface area contributed by atoms with E-state index in [2.05, 4.69) is 28.6 Å². The molecule has 0 saturated heterocycles. The van der Waals surface area contributed by atoms with Crippen molar-refractivity contribution in [3.05, 3.63) is 57.5 Å². The van der Waals surface area contributed by atoms with Gasteiger partial charge in [0.2, 0.25) is 5.91 Å². The largest absolute Gasteiger partial charge is 0.351 e. The van der Waals surface area contributed by atoms with E-state index in [1.807, 2.05) is 0 Å². The van der Waals surface area contributed by atoms with E-state index in [-0.39, 0.29) is 17.8 Å². The van der Waals surface area contributed by atoms with Crippen LogP contribution < -0.4 is 5.32 Å². The number of carbonyl (C=O) groups excluding carboxylic acids is 1. The highest BCUT2D eigenvalue weighted by molar-refractivity contribution is 7.10. The van der Waals surface area contributed by atoms with Crippen LogP contribution in [0.25, 0.3) is 0 Å². The van der Waals surface area contributed by atoms with Gasteiger partial charge in [0.05, 0.1) is 6.54 Å². The van der Waals surface area contributed by atoms with Crippen molar-refractivity contribution in [2.24, 2.45) is 0 Å². The zero-order valence-electron chi connectivity index (χ0n) is 12.5. The average molecular weight is 318 g/mol. The molecule has 1 aromatic heterocycles. The fourth-order valence-corrected chi connectivity index (χ4v) is 3.78. The number of thiophene rings is 1. The van der Waals surface area contributed by atoms with Gasteiger partial charge in [-0.1, -0.05) is 12.1 Å². The van der Waals surface area contributed by atoms with Gasteiger partial charge in [0.15, 0.2) is 0 Å². The van der Waals surface area contributed by atoms with Crippen LogP contribution in [0.2, 0.25) is 0 Å². The monoisotopic (exact) mass is 318 g/mol. The molecule has 1 aliphatic heterocycles. The molecule has 2 heterocycles. The van der Waals surface area contributed by atoms with Gasteiger partial charge in [-0.2, -0.15) is 0 Å². The Labute approximate surface area is 133 Å². The van der Waals surface area contributed by atoms with Crippen molar-refractivity contribution in [2.75, 3.05) is 13.1 Å². The van der Waals surface area contributed by atoms with Crippen LogP contribution >= 0.6 is 11.3 Å². The van der Waals surface area contributed by atoms with E-state index in [0.717, 1.165) is 18.5 Å². The first-order valence-corrected chi connectivity index (χ1v) is 8.33. The number of nitrogens with zero attached hydrogens (tertiary/aromatic N) is 1. The molecule has 0 spiro atoms. The normalized spacial score (nSPS) is 18.0. The highest BCUT2D eigenvalue weighted by Crippen LogP contribution is 2.32. The average Bonchev–Trinajstić information content (AvgIpc) is 2.99. The van der Waals surface area contributed by atoms with Gasteiger partial charge in [-0.15, -0.1) is 11.3 Å². The third-order valence-corrected chi connectivity index (χ3v) is 5.15. The topological polar surface area (TPSA) is 32.3 Å². The fraction of sp³-hybridized carbons (Fsp3) is 0.353. The maximum atomic E-state index is 12.8. The van der Waals surface area contributed by atoms with Gasteiger partial charge >= 0.3 is 0 Å². The number of amides is 1. The van der Waals surface area contributed by atoms with E-state index < -0.39 is 0 Å². The summed E-state index contributed by atoms with van der Waals surface area (Å²) in [6.07, 6.45) is 1.02. The molecule has 5 heteroatoms. The summed E-state index contributed by atoms with van der Waals surface area (Å²) in [6, 6.07) is 8.64. The quantitative estimate of drug-likeness (QED) is 0.939. The summed E-state index contributed by atoms with van der Waals surface area (Å²) >= 11 is 1.80. The molecule has 2 aromatic rings. The van der Waals surface area contributed by atoms with Crippen LogP contribution in [0, 0.1) is 5.82 Å². The van der Waals surface area contributed by atoms with Crippen LogP contribution in [0.3, 0.4) is 0 Å². The standard InChI is InChI=1S/C17H19FN2OS/c1-12-15-7-9-22-16(15)6-8-20(12)11-17(21)19-10-13-2-4-14(18)5-3-13/h2-5,7,9,12H,6,8,10-11H2,1H3,(H,19,21)/t12-/m0/s1. The summed E-state index contributed by atoms with van der Waals surface area (Å²) < 4.78 is 12.8. The Morgan fingerprint density at radius 3 is 2.91 bits per heavy atom. The lowest BCUT2D eigenvalue weighted by atomic mass is 10.0. The van der Waals surface area contributed by atoms with Crippen LogP contribution in [-0.2, 0) is 17.8 Å². The summed E-state index contributed by atoms with van der Waals surface area (Å²) in [6.45, 7) is 3.90. The molecule has 1 N–H and O–H groups in total. The molecule has 22 heavy (non-hydrogen) atoms. The predicted octanol–water partition coefficient (Wildman–Crippen LogP) is 3.12. The number of nitrogens with one attached hydrogen (secondary N) is 1. The molecule has 1 aliphatic rings. The van der Waals surface area contributed by atoms with Gasteiger partial charge in [0.1, 0.15) is 5.82 Å². The minimum atomic E-state index is -0.260. The lowest BCUT2D eigenvalue weighted by Crippen LogP contribution is -2.41. The Morgan fingerprint density at radius 1 is 1.36 bits per heavy atom. The number of fused-ring (bicyclic) bond motifs is 1. The molecule has 1 amide bonds. The van der Waals surface area contributed by atoms with Crippen LogP contribution in [0.5, 0.6) is 0 Å². The minimum Gasteiger partial charge on any atom is -0.351 e. The molecular formula is C17H19FN2OS. The van der Waals surface area contributed by atoms with Crippen molar-refractivity contribution in [1.82, 2.24) is 10.2 Å². The van der Waals surface area contributed by atoms with Crippen LogP contribution in [0.1, 0.15) is 29.0 Å². The number of hydrogen-bond acceptors (Lipinski definition) is 3. The van der Waals surface area contributed by atoms with Gasteiger partial charge in [0, 0.05) is 24.0 Å². The Balaban J connectivity index is 1.53. The highest BCUT2D eigenvalue weighted by atomic mass is 32.1. The zero-order chi connectivity index (χ0) is 15.5. The molecule has 0 radical (unpaired) electrons. The molecule has 0 aliphatic carbocycles. The number of benzene rings is 1. The van der Waals surface area contributed by atoms with Gasteiger partial charge in [-0.25, -0.2) is 4.39 Å². The fourth-order valence-electron chi connectivity index (χ4n) is 2.82. The Bertz CT molecular complexity index is 653. The molecule has 0 bridgehead atoms. The molecule has 3 nitrogen and oxygen atoms in total. The van der Waals surface area contributed by atoms with Crippen LogP contribution in [0.15, 0.2) is 35.7 Å². The van der Waals surface area contributed by atoms with Gasteiger partial charge in [0.25, 0.3) is 0 Å². The van der Waals surface area contributed by atoms with Gasteiger partial charge < -0.3 is 5.32 Å². The molecule has 1 aromatic carbocycles. The summed E-state index contributed by atoms with van der Waals surface area (Å²) in [7, 11) is 0. The summed E-state index contributed by atoms with van der Waals surface area (Å²) in [5.41, 5.74) is 2.25. The highest BCUT2D eigenvalue weighted by Gasteiger charge is 2.25. The molecule has 0 unspecified atom stereocenters. The lowest BCUT2D eigenvalue weighted by Gasteiger charge is -2.32. The summed E-state index contributed by atoms with van der Waals surface area (Å²) in [5.74, 6) is -0.251. The van der Waals surface area contributed by atoms with E-state index in [9.17, 15) is 9.18 Å². The van der Waals surface area contributed by atoms with Crippen LogP contribution in [0.4, 0.5) is 4.39 Å². The SMILES string of the molecule is C[C@H]1c2ccsc2CCN1CC(=O)NCc1ccc(F)cc1. The summed E-state index contributed by atoms with van der Waals surface area (Å²) in [4.78, 5) is 15.8. The second kappa shape index (κ2) is 6.58. The number of halogens is 1. The maximum absolute atomic E-state index is 12.8. The first-order valence-electron chi connectivity index (χ1n) is 7.45. The Kier molecular flexibility index (Phi) is 4.55. The van der Waals surface area contributed by atoms with Crippen molar-refractivity contribution in [3.63, 3.8) is 0 Å². The molecule has 1 atom stereocenters. The van der Waals surface area contributed by atoms with Crippen molar-refractivity contribution in [2.45, 2.75) is 25.9 Å². The first-order chi connectivity index (χ1) is 10.6. The van der Waals surface area contributed by atoms with Crippen LogP contribution in [-0.4, -0.2) is 23.9 Å². The lowest BCUT2D eigenvalue weighted by molar-refractivity contribution is -0.123. The summed E-state index contributed by atoms with van der Waals surface area (Å²) in [5, 5.41) is 5.03. The van der Waals surface area contributed by atoms with Gasteiger partial charge in [-0.3, -0.25) is 9.69 Å². The van der Waals surface area contributed by atoms with E-state index in [1.54, 1.807) is 23.5 Å². The van der Waals surface area contributed by atoms with Crippen molar-refractivity contribution in [1.29, 1.82) is 0 Å².